The number of ketones is 1. The number of rotatable bonds is 5. The highest BCUT2D eigenvalue weighted by molar-refractivity contribution is 6.13. The van der Waals surface area contributed by atoms with Crippen molar-refractivity contribution in [3.8, 4) is 0 Å². The molecule has 0 unspecified atom stereocenters. The molecular formula is C26H20O3. The van der Waals surface area contributed by atoms with Gasteiger partial charge in [0.2, 0.25) is 5.78 Å². The number of carbonyl (C=O) groups excluding carboxylic acids is 1. The van der Waals surface area contributed by atoms with Crippen LogP contribution in [0.1, 0.15) is 39.5 Å². The minimum Gasteiger partial charge on any atom is -0.422 e. The summed E-state index contributed by atoms with van der Waals surface area (Å²) in [7, 11) is 0. The fourth-order valence-corrected chi connectivity index (χ4v) is 3.34. The molecule has 3 aromatic carbocycles. The zero-order valence-electron chi connectivity index (χ0n) is 16.1. The molecule has 0 aliphatic heterocycles. The second-order valence-electron chi connectivity index (χ2n) is 6.80. The summed E-state index contributed by atoms with van der Waals surface area (Å²) in [6, 6.07) is 24.3. The predicted octanol–water partition coefficient (Wildman–Crippen LogP) is 5.76. The maximum absolute atomic E-state index is 13.1. The normalized spacial score (nSPS) is 11.2. The maximum Gasteiger partial charge on any atom is 0.348 e. The molecule has 142 valence electrons. The minimum absolute atomic E-state index is 0.0522. The highest BCUT2D eigenvalue weighted by Gasteiger charge is 2.20. The van der Waals surface area contributed by atoms with Crippen molar-refractivity contribution in [2.24, 2.45) is 0 Å². The summed E-state index contributed by atoms with van der Waals surface area (Å²) in [6.07, 6.45) is 4.73. The highest BCUT2D eigenvalue weighted by atomic mass is 16.4. The fourth-order valence-electron chi connectivity index (χ4n) is 3.34. The number of para-hydroxylation sites is 1. The van der Waals surface area contributed by atoms with E-state index in [0.29, 0.717) is 16.7 Å². The van der Waals surface area contributed by atoms with Crippen LogP contribution in [0.5, 0.6) is 0 Å². The number of fused-ring (bicyclic) bond motifs is 1. The molecule has 1 aromatic heterocycles. The molecule has 0 N–H and O–H groups in total. The zero-order valence-corrected chi connectivity index (χ0v) is 16.1. The SMILES string of the molecule is CCc1ccc(/C=C/c2c(C(=O)c3ccccc3)c(=O)oc3ccccc23)cc1. The minimum atomic E-state index is -0.626. The first-order chi connectivity index (χ1) is 14.2. The lowest BCUT2D eigenvalue weighted by atomic mass is 9.96. The number of benzene rings is 3. The molecule has 0 bridgehead atoms. The molecule has 4 rings (SSSR count). The van der Waals surface area contributed by atoms with Crippen LogP contribution in [0.25, 0.3) is 23.1 Å². The van der Waals surface area contributed by atoms with Crippen LogP contribution in [0.15, 0.2) is 88.1 Å². The van der Waals surface area contributed by atoms with Gasteiger partial charge in [-0.1, -0.05) is 91.9 Å². The second-order valence-corrected chi connectivity index (χ2v) is 6.80. The van der Waals surface area contributed by atoms with Crippen molar-refractivity contribution >= 4 is 28.9 Å². The Hall–Kier alpha value is -3.72. The van der Waals surface area contributed by atoms with Crippen molar-refractivity contribution in [3.63, 3.8) is 0 Å². The van der Waals surface area contributed by atoms with Gasteiger partial charge < -0.3 is 4.42 Å². The highest BCUT2D eigenvalue weighted by Crippen LogP contribution is 2.24. The van der Waals surface area contributed by atoms with Crippen LogP contribution in [-0.2, 0) is 6.42 Å². The second kappa shape index (κ2) is 8.11. The van der Waals surface area contributed by atoms with Gasteiger partial charge in [-0.2, -0.15) is 0 Å². The van der Waals surface area contributed by atoms with E-state index < -0.39 is 5.63 Å². The van der Waals surface area contributed by atoms with E-state index >= 15 is 0 Å². The third-order valence-corrected chi connectivity index (χ3v) is 4.95. The van der Waals surface area contributed by atoms with Crippen molar-refractivity contribution in [1.82, 2.24) is 0 Å². The summed E-state index contributed by atoms with van der Waals surface area (Å²) in [5, 5.41) is 0.729. The number of hydrogen-bond donors (Lipinski definition) is 0. The molecule has 29 heavy (non-hydrogen) atoms. The third-order valence-electron chi connectivity index (χ3n) is 4.95. The average molecular weight is 380 g/mol. The van der Waals surface area contributed by atoms with Crippen molar-refractivity contribution in [2.75, 3.05) is 0 Å². The van der Waals surface area contributed by atoms with Crippen LogP contribution in [-0.4, -0.2) is 5.78 Å². The van der Waals surface area contributed by atoms with Gasteiger partial charge in [0.25, 0.3) is 0 Å². The molecule has 0 saturated carbocycles. The Bertz CT molecular complexity index is 1250. The number of aryl methyl sites for hydroxylation is 1. The van der Waals surface area contributed by atoms with Gasteiger partial charge >= 0.3 is 5.63 Å². The molecular weight excluding hydrogens is 360 g/mol. The van der Waals surface area contributed by atoms with E-state index in [4.69, 9.17) is 4.42 Å². The van der Waals surface area contributed by atoms with E-state index in [1.807, 2.05) is 42.5 Å². The average Bonchev–Trinajstić information content (AvgIpc) is 2.77. The van der Waals surface area contributed by atoms with Crippen LogP contribution < -0.4 is 5.63 Å². The van der Waals surface area contributed by atoms with Gasteiger partial charge in [-0.15, -0.1) is 0 Å². The first-order valence-electron chi connectivity index (χ1n) is 9.60. The van der Waals surface area contributed by atoms with Crippen LogP contribution in [0, 0.1) is 0 Å². The Balaban J connectivity index is 1.89. The summed E-state index contributed by atoms with van der Waals surface area (Å²) in [5.41, 5.74) is 3.17. The van der Waals surface area contributed by atoms with Crippen molar-refractivity contribution < 1.29 is 9.21 Å². The molecule has 0 fully saturated rings. The van der Waals surface area contributed by atoms with Crippen LogP contribution in [0.2, 0.25) is 0 Å². The zero-order chi connectivity index (χ0) is 20.2. The molecule has 4 aromatic rings. The molecule has 3 nitrogen and oxygen atoms in total. The topological polar surface area (TPSA) is 47.3 Å². The van der Waals surface area contributed by atoms with Gasteiger partial charge in [-0.25, -0.2) is 4.79 Å². The Morgan fingerprint density at radius 2 is 1.55 bits per heavy atom. The van der Waals surface area contributed by atoms with Gasteiger partial charge in [-0.05, 0) is 23.6 Å². The van der Waals surface area contributed by atoms with Gasteiger partial charge in [-0.3, -0.25) is 4.79 Å². The fraction of sp³-hybridized carbons (Fsp3) is 0.0769. The molecule has 1 heterocycles. The van der Waals surface area contributed by atoms with Gasteiger partial charge in [0.05, 0.1) is 0 Å². The van der Waals surface area contributed by atoms with Crippen molar-refractivity contribution in [3.05, 3.63) is 117 Å². The third kappa shape index (κ3) is 3.81. The van der Waals surface area contributed by atoms with Crippen LogP contribution in [0.4, 0.5) is 0 Å². The van der Waals surface area contributed by atoms with E-state index in [-0.39, 0.29) is 11.3 Å². The van der Waals surface area contributed by atoms with Crippen molar-refractivity contribution in [1.29, 1.82) is 0 Å². The summed E-state index contributed by atoms with van der Waals surface area (Å²) < 4.78 is 5.45. The quantitative estimate of drug-likeness (QED) is 0.327. The monoisotopic (exact) mass is 380 g/mol. The number of hydrogen-bond acceptors (Lipinski definition) is 3. The Kier molecular flexibility index (Phi) is 5.21. The lowest BCUT2D eigenvalue weighted by molar-refractivity contribution is 0.103. The molecule has 0 spiro atoms. The predicted molar refractivity (Wildman–Crippen MR) is 117 cm³/mol. The molecule has 0 radical (unpaired) electrons. The lowest BCUT2D eigenvalue weighted by Crippen LogP contribution is -2.17. The Morgan fingerprint density at radius 3 is 2.28 bits per heavy atom. The van der Waals surface area contributed by atoms with E-state index in [1.165, 1.54) is 5.56 Å². The standard InChI is InChI=1S/C26H20O3/c1-2-18-12-14-19(15-13-18)16-17-22-21-10-6-7-11-23(21)29-26(28)24(22)25(27)20-8-4-3-5-9-20/h3-17H,2H2,1H3/b17-16+. The first-order valence-corrected chi connectivity index (χ1v) is 9.60. The molecule has 0 amide bonds. The Labute approximate surface area is 168 Å². The summed E-state index contributed by atoms with van der Waals surface area (Å²) in [6.45, 7) is 2.11. The summed E-state index contributed by atoms with van der Waals surface area (Å²) in [4.78, 5) is 25.9. The summed E-state index contributed by atoms with van der Waals surface area (Å²) >= 11 is 0. The van der Waals surface area contributed by atoms with E-state index in [0.717, 1.165) is 17.4 Å². The Morgan fingerprint density at radius 1 is 0.862 bits per heavy atom. The van der Waals surface area contributed by atoms with E-state index in [9.17, 15) is 9.59 Å². The first kappa shape index (κ1) is 18.6. The molecule has 0 saturated heterocycles. The van der Waals surface area contributed by atoms with E-state index in [2.05, 4.69) is 19.1 Å². The van der Waals surface area contributed by atoms with Crippen molar-refractivity contribution in [2.45, 2.75) is 13.3 Å². The van der Waals surface area contributed by atoms with Gasteiger partial charge in [0, 0.05) is 16.5 Å². The summed E-state index contributed by atoms with van der Waals surface area (Å²) in [5.74, 6) is -0.342. The molecule has 0 aliphatic carbocycles. The van der Waals surface area contributed by atoms with E-state index in [1.54, 1.807) is 36.4 Å². The molecule has 3 heteroatoms. The molecule has 0 aliphatic rings. The smallest absolute Gasteiger partial charge is 0.348 e. The largest absolute Gasteiger partial charge is 0.422 e. The van der Waals surface area contributed by atoms with Gasteiger partial charge in [0.15, 0.2) is 0 Å². The van der Waals surface area contributed by atoms with Crippen LogP contribution >= 0.6 is 0 Å². The van der Waals surface area contributed by atoms with Crippen LogP contribution in [0.3, 0.4) is 0 Å². The number of carbonyl (C=O) groups is 1. The lowest BCUT2D eigenvalue weighted by Gasteiger charge is -2.08. The molecule has 0 atom stereocenters. The van der Waals surface area contributed by atoms with Gasteiger partial charge in [0.1, 0.15) is 11.1 Å². The maximum atomic E-state index is 13.1.